The minimum atomic E-state index is 0.331. The molecule has 0 fully saturated rings. The first kappa shape index (κ1) is 13.0. The van der Waals surface area contributed by atoms with Crippen LogP contribution in [0.15, 0.2) is 42.5 Å². The van der Waals surface area contributed by atoms with Crippen molar-refractivity contribution >= 4 is 22.6 Å². The molecule has 3 rings (SSSR count). The molecule has 1 aromatic heterocycles. The Labute approximate surface area is 122 Å². The van der Waals surface area contributed by atoms with Crippen LogP contribution in [0.2, 0.25) is 5.02 Å². The monoisotopic (exact) mass is 283 g/mol. The predicted molar refractivity (Wildman–Crippen MR) is 82.6 cm³/mol. The molecule has 0 radical (unpaired) electrons. The van der Waals surface area contributed by atoms with Gasteiger partial charge in [0.25, 0.3) is 0 Å². The largest absolute Gasteiger partial charge is 0.325 e. The third-order valence-corrected chi connectivity index (χ3v) is 3.62. The predicted octanol–water partition coefficient (Wildman–Crippen LogP) is 3.72. The lowest BCUT2D eigenvalue weighted by Crippen LogP contribution is -2.05. The first-order valence-electron chi connectivity index (χ1n) is 6.42. The summed E-state index contributed by atoms with van der Waals surface area (Å²) in [7, 11) is 0. The maximum absolute atomic E-state index is 6.26. The minimum absolute atomic E-state index is 0.331. The van der Waals surface area contributed by atoms with Gasteiger partial charge in [0, 0.05) is 12.1 Å². The number of halogens is 1. The number of para-hydroxylation sites is 1. The molecule has 0 amide bonds. The number of aryl methyl sites for hydroxylation is 1. The van der Waals surface area contributed by atoms with Crippen LogP contribution in [0.1, 0.15) is 11.3 Å². The average Bonchev–Trinajstić information content (AvgIpc) is 2.47. The molecule has 1 heterocycles. The van der Waals surface area contributed by atoms with Crippen molar-refractivity contribution in [3.63, 3.8) is 0 Å². The smallest absolute Gasteiger partial charge is 0.0953 e. The van der Waals surface area contributed by atoms with Crippen molar-refractivity contribution in [3.05, 3.63) is 58.7 Å². The lowest BCUT2D eigenvalue weighted by molar-refractivity contribution is 0.990. The average molecular weight is 284 g/mol. The van der Waals surface area contributed by atoms with E-state index in [0.29, 0.717) is 11.6 Å². The lowest BCUT2D eigenvalue weighted by Gasteiger charge is -2.10. The fourth-order valence-corrected chi connectivity index (χ4v) is 2.49. The van der Waals surface area contributed by atoms with Crippen LogP contribution in [-0.4, -0.2) is 9.97 Å². The van der Waals surface area contributed by atoms with Gasteiger partial charge in [-0.05, 0) is 24.6 Å². The van der Waals surface area contributed by atoms with Crippen molar-refractivity contribution in [1.82, 2.24) is 9.97 Å². The molecular formula is C16H14ClN3. The standard InChI is InChI=1S/C16H14ClN3/c1-10-5-4-8-13-15(10)20-14(9-18)16(19-13)11-6-2-3-7-12(11)17/h2-8H,9,18H2,1H3. The minimum Gasteiger partial charge on any atom is -0.325 e. The van der Waals surface area contributed by atoms with E-state index in [0.717, 1.165) is 33.5 Å². The van der Waals surface area contributed by atoms with Gasteiger partial charge in [0.05, 0.1) is 27.4 Å². The van der Waals surface area contributed by atoms with Crippen LogP contribution in [0.4, 0.5) is 0 Å². The molecule has 2 aromatic carbocycles. The van der Waals surface area contributed by atoms with E-state index in [1.54, 1.807) is 0 Å². The number of nitrogens with two attached hydrogens (primary N) is 1. The summed E-state index contributed by atoms with van der Waals surface area (Å²) in [5, 5.41) is 0.656. The highest BCUT2D eigenvalue weighted by atomic mass is 35.5. The molecule has 0 saturated carbocycles. The highest BCUT2D eigenvalue weighted by Crippen LogP contribution is 2.29. The van der Waals surface area contributed by atoms with E-state index < -0.39 is 0 Å². The van der Waals surface area contributed by atoms with E-state index in [1.165, 1.54) is 0 Å². The lowest BCUT2D eigenvalue weighted by atomic mass is 10.1. The van der Waals surface area contributed by atoms with Gasteiger partial charge in [0.1, 0.15) is 0 Å². The van der Waals surface area contributed by atoms with Crippen molar-refractivity contribution in [1.29, 1.82) is 0 Å². The Hall–Kier alpha value is -1.97. The van der Waals surface area contributed by atoms with E-state index in [4.69, 9.17) is 22.3 Å². The van der Waals surface area contributed by atoms with Crippen LogP contribution >= 0.6 is 11.6 Å². The molecule has 4 heteroatoms. The second-order valence-corrected chi connectivity index (χ2v) is 5.05. The Morgan fingerprint density at radius 1 is 1.05 bits per heavy atom. The van der Waals surface area contributed by atoms with Gasteiger partial charge in [-0.15, -0.1) is 0 Å². The number of benzene rings is 2. The Balaban J connectivity index is 2.33. The molecule has 0 spiro atoms. The van der Waals surface area contributed by atoms with Crippen LogP contribution in [0.3, 0.4) is 0 Å². The molecule has 0 atom stereocenters. The number of fused-ring (bicyclic) bond motifs is 1. The Morgan fingerprint density at radius 3 is 2.60 bits per heavy atom. The van der Waals surface area contributed by atoms with Crippen LogP contribution in [0, 0.1) is 6.92 Å². The zero-order chi connectivity index (χ0) is 14.1. The summed E-state index contributed by atoms with van der Waals surface area (Å²) in [4.78, 5) is 9.38. The van der Waals surface area contributed by atoms with Crippen molar-refractivity contribution in [2.45, 2.75) is 13.5 Å². The second kappa shape index (κ2) is 5.19. The Morgan fingerprint density at radius 2 is 1.85 bits per heavy atom. The summed E-state index contributed by atoms with van der Waals surface area (Å²) in [6, 6.07) is 13.6. The van der Waals surface area contributed by atoms with E-state index in [1.807, 2.05) is 49.4 Å². The molecule has 0 aliphatic heterocycles. The first-order chi connectivity index (χ1) is 9.70. The SMILES string of the molecule is Cc1cccc2nc(-c3ccccc3Cl)c(CN)nc12. The van der Waals surface area contributed by atoms with Gasteiger partial charge in [0.2, 0.25) is 0 Å². The molecule has 0 saturated heterocycles. The number of hydrogen-bond donors (Lipinski definition) is 1. The maximum Gasteiger partial charge on any atom is 0.0953 e. The number of aromatic nitrogens is 2. The number of hydrogen-bond acceptors (Lipinski definition) is 3. The number of nitrogens with zero attached hydrogens (tertiary/aromatic N) is 2. The van der Waals surface area contributed by atoms with E-state index in [-0.39, 0.29) is 0 Å². The molecule has 100 valence electrons. The molecular weight excluding hydrogens is 270 g/mol. The Kier molecular flexibility index (Phi) is 3.38. The van der Waals surface area contributed by atoms with Crippen molar-refractivity contribution in [2.75, 3.05) is 0 Å². The van der Waals surface area contributed by atoms with Gasteiger partial charge >= 0.3 is 0 Å². The van der Waals surface area contributed by atoms with Gasteiger partial charge in [-0.2, -0.15) is 0 Å². The van der Waals surface area contributed by atoms with Crippen LogP contribution in [0.5, 0.6) is 0 Å². The fraction of sp³-hybridized carbons (Fsp3) is 0.125. The third-order valence-electron chi connectivity index (χ3n) is 3.29. The zero-order valence-corrected chi connectivity index (χ0v) is 11.9. The van der Waals surface area contributed by atoms with E-state index >= 15 is 0 Å². The summed E-state index contributed by atoms with van der Waals surface area (Å²) in [5.41, 5.74) is 11.1. The maximum atomic E-state index is 6.26. The summed E-state index contributed by atoms with van der Waals surface area (Å²) in [5.74, 6) is 0. The van der Waals surface area contributed by atoms with Crippen LogP contribution in [0.25, 0.3) is 22.3 Å². The van der Waals surface area contributed by atoms with Crippen LogP contribution in [-0.2, 0) is 6.54 Å². The van der Waals surface area contributed by atoms with Crippen molar-refractivity contribution in [3.8, 4) is 11.3 Å². The van der Waals surface area contributed by atoms with Gasteiger partial charge in [-0.25, -0.2) is 9.97 Å². The first-order valence-corrected chi connectivity index (χ1v) is 6.79. The summed E-state index contributed by atoms with van der Waals surface area (Å²) >= 11 is 6.26. The van der Waals surface area contributed by atoms with Gasteiger partial charge < -0.3 is 5.73 Å². The molecule has 3 nitrogen and oxygen atoms in total. The van der Waals surface area contributed by atoms with Gasteiger partial charge in [0.15, 0.2) is 0 Å². The molecule has 20 heavy (non-hydrogen) atoms. The van der Waals surface area contributed by atoms with Crippen molar-refractivity contribution in [2.24, 2.45) is 5.73 Å². The topological polar surface area (TPSA) is 51.8 Å². The summed E-state index contributed by atoms with van der Waals surface area (Å²) < 4.78 is 0. The molecule has 3 aromatic rings. The highest BCUT2D eigenvalue weighted by Gasteiger charge is 2.13. The summed E-state index contributed by atoms with van der Waals surface area (Å²) in [6.07, 6.45) is 0. The Bertz CT molecular complexity index is 784. The van der Waals surface area contributed by atoms with E-state index in [9.17, 15) is 0 Å². The second-order valence-electron chi connectivity index (χ2n) is 4.65. The molecule has 0 aliphatic rings. The molecule has 0 bridgehead atoms. The summed E-state index contributed by atoms with van der Waals surface area (Å²) in [6.45, 7) is 2.35. The quantitative estimate of drug-likeness (QED) is 0.780. The molecule has 0 aliphatic carbocycles. The zero-order valence-electron chi connectivity index (χ0n) is 11.1. The third kappa shape index (κ3) is 2.15. The van der Waals surface area contributed by atoms with Crippen molar-refractivity contribution < 1.29 is 0 Å². The fourth-order valence-electron chi connectivity index (χ4n) is 2.26. The molecule has 2 N–H and O–H groups in total. The normalized spacial score (nSPS) is 10.9. The van der Waals surface area contributed by atoms with Gasteiger partial charge in [-0.1, -0.05) is 41.9 Å². The molecule has 0 unspecified atom stereocenters. The number of rotatable bonds is 2. The van der Waals surface area contributed by atoms with Gasteiger partial charge in [-0.3, -0.25) is 0 Å². The van der Waals surface area contributed by atoms with Crippen LogP contribution < -0.4 is 5.73 Å². The van der Waals surface area contributed by atoms with E-state index in [2.05, 4.69) is 4.98 Å². The highest BCUT2D eigenvalue weighted by molar-refractivity contribution is 6.33.